The smallest absolute Gasteiger partial charge is 0.326 e. The number of carboxylic acid groups (broad SMARTS) is 2. The molecule has 59 heavy (non-hydrogen) atoms. The van der Waals surface area contributed by atoms with Crippen LogP contribution in [0, 0.1) is 5.92 Å². The Morgan fingerprint density at radius 2 is 1.73 bits per heavy atom. The largest absolute Gasteiger partial charge is 0.481 e. The Labute approximate surface area is 339 Å². The summed E-state index contributed by atoms with van der Waals surface area (Å²) in [6.07, 6.45) is 0.297. The predicted molar refractivity (Wildman–Crippen MR) is 212 cm³/mol. The second-order valence-corrected chi connectivity index (χ2v) is 14.5. The Bertz CT molecular complexity index is 2200. The summed E-state index contributed by atoms with van der Waals surface area (Å²) < 4.78 is 0. The average molecular weight is 838 g/mol. The van der Waals surface area contributed by atoms with E-state index in [1.807, 2.05) is 0 Å². The number of fused-ring (bicyclic) bond motifs is 1. The first kappa shape index (κ1) is 44.9. The van der Waals surface area contributed by atoms with Gasteiger partial charge in [0.15, 0.2) is 11.2 Å². The highest BCUT2D eigenvalue weighted by molar-refractivity contribution is 8.00. The average Bonchev–Trinajstić information content (AvgIpc) is 3.47. The first-order chi connectivity index (χ1) is 28.0. The topological polar surface area (TPSA) is 338 Å². The highest BCUT2D eigenvalue weighted by atomic mass is 32.2. The van der Waals surface area contributed by atoms with Crippen LogP contribution < -0.4 is 32.7 Å². The number of carbonyl (C=O) groups excluding carboxylic acids is 6. The zero-order valence-electron chi connectivity index (χ0n) is 32.0. The number of carbonyl (C=O) groups is 8. The van der Waals surface area contributed by atoms with E-state index in [-0.39, 0.29) is 79.5 Å². The number of amides is 5. The highest BCUT2D eigenvalue weighted by Crippen LogP contribution is 2.28. The van der Waals surface area contributed by atoms with E-state index in [0.29, 0.717) is 23.5 Å². The van der Waals surface area contributed by atoms with Gasteiger partial charge in [0.2, 0.25) is 29.6 Å². The zero-order chi connectivity index (χ0) is 43.2. The molecule has 0 radical (unpaired) electrons. The molecule has 5 amide bonds. The van der Waals surface area contributed by atoms with Crippen LogP contribution in [0.5, 0.6) is 0 Å². The van der Waals surface area contributed by atoms with Crippen LogP contribution in [0.4, 0.5) is 11.6 Å². The summed E-state index contributed by atoms with van der Waals surface area (Å²) in [5.41, 5.74) is 9.00. The molecule has 0 spiro atoms. The maximum atomic E-state index is 12.9. The molecule has 22 nitrogen and oxygen atoms in total. The van der Waals surface area contributed by atoms with Crippen molar-refractivity contribution in [3.8, 4) is 0 Å². The number of hydrazone groups is 1. The van der Waals surface area contributed by atoms with Crippen molar-refractivity contribution in [1.82, 2.24) is 40.9 Å². The molecule has 23 heteroatoms. The Morgan fingerprint density at radius 3 is 2.41 bits per heavy atom. The number of nitrogens with zero attached hydrogens (tertiary/aromatic N) is 5. The number of hydrogen-bond donors (Lipinski definition) is 8. The maximum absolute atomic E-state index is 12.9. The van der Waals surface area contributed by atoms with Crippen LogP contribution in [0.2, 0.25) is 0 Å². The van der Waals surface area contributed by atoms with E-state index in [9.17, 15) is 53.4 Å². The first-order valence-electron chi connectivity index (χ1n) is 18.2. The zero-order valence-corrected chi connectivity index (χ0v) is 32.8. The van der Waals surface area contributed by atoms with Gasteiger partial charge in [0.1, 0.15) is 11.8 Å². The van der Waals surface area contributed by atoms with Crippen LogP contribution in [0.3, 0.4) is 0 Å². The van der Waals surface area contributed by atoms with E-state index in [2.05, 4.69) is 46.4 Å². The fraction of sp³-hybridized carbons (Fsp3) is 0.417. The number of imide groups is 1. The molecule has 1 aromatic carbocycles. The molecule has 3 aromatic rings. The molecule has 1 unspecified atom stereocenters. The Morgan fingerprint density at radius 1 is 1.00 bits per heavy atom. The van der Waals surface area contributed by atoms with E-state index in [1.54, 1.807) is 19.1 Å². The molecule has 1 aliphatic rings. The number of likely N-dealkylation sites (tertiary alicyclic amines) is 1. The molecule has 3 atom stereocenters. The van der Waals surface area contributed by atoms with Gasteiger partial charge in [-0.15, -0.1) is 11.8 Å². The van der Waals surface area contributed by atoms with Gasteiger partial charge < -0.3 is 31.9 Å². The first-order valence-corrected chi connectivity index (χ1v) is 19.2. The molecule has 1 saturated heterocycles. The lowest BCUT2D eigenvalue weighted by Crippen LogP contribution is -2.41. The third-order valence-electron chi connectivity index (χ3n) is 8.87. The molecule has 4 rings (SSSR count). The van der Waals surface area contributed by atoms with Gasteiger partial charge in [0.25, 0.3) is 11.5 Å². The van der Waals surface area contributed by atoms with Crippen molar-refractivity contribution < 1.29 is 48.6 Å². The molecular weight excluding hydrogens is 795 g/mol. The summed E-state index contributed by atoms with van der Waals surface area (Å²) in [6, 6.07) is 4.53. The fourth-order valence-corrected chi connectivity index (χ4v) is 6.79. The van der Waals surface area contributed by atoms with Gasteiger partial charge in [-0.2, -0.15) is 10.1 Å². The van der Waals surface area contributed by atoms with Crippen molar-refractivity contribution in [3.05, 3.63) is 52.1 Å². The van der Waals surface area contributed by atoms with Crippen LogP contribution in [-0.2, 0) is 40.1 Å². The van der Waals surface area contributed by atoms with Crippen LogP contribution >= 0.6 is 11.8 Å². The van der Waals surface area contributed by atoms with E-state index >= 15 is 0 Å². The number of thioether (sulfide) groups is 1. The van der Waals surface area contributed by atoms with Crippen molar-refractivity contribution in [2.75, 3.05) is 30.4 Å². The molecule has 1 aliphatic heterocycles. The van der Waals surface area contributed by atoms with Crippen LogP contribution in [-0.4, -0.2) is 119 Å². The van der Waals surface area contributed by atoms with Gasteiger partial charge in [-0.05, 0) is 44.0 Å². The lowest BCUT2D eigenvalue weighted by atomic mass is 10.00. The van der Waals surface area contributed by atoms with Gasteiger partial charge in [-0.25, -0.2) is 20.2 Å². The highest BCUT2D eigenvalue weighted by Gasteiger charge is 2.39. The lowest BCUT2D eigenvalue weighted by Gasteiger charge is -2.17. The van der Waals surface area contributed by atoms with Crippen LogP contribution in [0.1, 0.15) is 67.9 Å². The predicted octanol–water partition coefficient (Wildman–Crippen LogP) is -0.200. The minimum Gasteiger partial charge on any atom is -0.481 e. The molecule has 0 bridgehead atoms. The number of aromatic nitrogens is 4. The van der Waals surface area contributed by atoms with Crippen LogP contribution in [0.25, 0.3) is 11.2 Å². The molecule has 3 heterocycles. The van der Waals surface area contributed by atoms with Gasteiger partial charge in [-0.1, -0.05) is 0 Å². The fourth-order valence-electron chi connectivity index (χ4n) is 5.54. The third-order valence-corrected chi connectivity index (χ3v) is 10.2. The number of H-pyrrole nitrogens is 1. The van der Waals surface area contributed by atoms with Crippen molar-refractivity contribution in [1.29, 1.82) is 0 Å². The quantitative estimate of drug-likeness (QED) is 0.0369. The minimum atomic E-state index is -1.47. The summed E-state index contributed by atoms with van der Waals surface area (Å²) >= 11 is 0.895. The summed E-state index contributed by atoms with van der Waals surface area (Å²) in [6.45, 7) is 1.57. The number of rotatable bonds is 22. The standard InChI is InChI=1S/C36H43N11O11S/c1-18(3-10-26(49)38-2)45-46-27(50)11-12-47-28(51)14-25(33(47)54)59-17-20(34(55)56)13-23(48)8-9-24(35(57)58)42-31(52)19-4-6-21(7-5-19)39-15-22-16-40-30-29(41-22)32(53)44-36(37)43-30/h4-7,16,20,24-25,39H,3,8-15,17H2,1-2H3,(H,38,49)(H,42,52)(H,46,50)(H,55,56)(H,57,58)(H3,37,40,43,44,53)/b45-18+/t20-,24-,25?/m0/s1. The number of hydrogen-bond acceptors (Lipinski definition) is 16. The Balaban J connectivity index is 1.21. The van der Waals surface area contributed by atoms with Crippen molar-refractivity contribution >= 4 is 87.5 Å². The maximum Gasteiger partial charge on any atom is 0.326 e. The lowest BCUT2D eigenvalue weighted by molar-refractivity contribution is -0.143. The molecule has 2 aromatic heterocycles. The number of Topliss-reactive ketones (excluding diaryl/α,β-unsaturated/α-hetero) is 1. The Hall–Kier alpha value is -6.78. The number of aromatic amines is 1. The molecule has 314 valence electrons. The number of benzene rings is 1. The number of ketones is 1. The SMILES string of the molecule is CNC(=O)CC/C(C)=N/NC(=O)CCN1C(=O)CC(SC[C@H](CC(=O)CC[C@H](NC(=O)c2ccc(NCc3cnc4nc(N)[nH]c(=O)c4n3)cc2)C(=O)O)C(=O)O)C1=O. The minimum absolute atomic E-state index is 0.0116. The monoisotopic (exact) mass is 837 g/mol. The van der Waals surface area contributed by atoms with E-state index in [4.69, 9.17) is 5.73 Å². The normalized spacial score (nSPS) is 15.1. The van der Waals surface area contributed by atoms with E-state index in [1.165, 1.54) is 25.4 Å². The number of nitrogen functional groups attached to an aromatic ring is 1. The van der Waals surface area contributed by atoms with Gasteiger partial charge in [-0.3, -0.25) is 48.2 Å². The number of carboxylic acids is 2. The van der Waals surface area contributed by atoms with Crippen molar-refractivity contribution in [2.45, 2.75) is 69.7 Å². The summed E-state index contributed by atoms with van der Waals surface area (Å²) in [5, 5.41) is 30.4. The van der Waals surface area contributed by atoms with Crippen LogP contribution in [0.15, 0.2) is 40.4 Å². The second-order valence-electron chi connectivity index (χ2n) is 13.3. The second kappa shape index (κ2) is 21.1. The molecule has 1 fully saturated rings. The van der Waals surface area contributed by atoms with E-state index < -0.39 is 70.5 Å². The van der Waals surface area contributed by atoms with Gasteiger partial charge >= 0.3 is 11.9 Å². The summed E-state index contributed by atoms with van der Waals surface area (Å²) in [4.78, 5) is 126. The molecule has 0 saturated carbocycles. The van der Waals surface area contributed by atoms with Crippen molar-refractivity contribution in [2.24, 2.45) is 11.0 Å². The number of anilines is 2. The number of aliphatic carboxylic acids is 2. The van der Waals surface area contributed by atoms with E-state index in [0.717, 1.165) is 16.7 Å². The molecule has 9 N–H and O–H groups in total. The van der Waals surface area contributed by atoms with Crippen molar-refractivity contribution in [3.63, 3.8) is 0 Å². The number of nitrogens with one attached hydrogen (secondary N) is 5. The Kier molecular flexibility index (Phi) is 16.1. The summed E-state index contributed by atoms with van der Waals surface area (Å²) in [7, 11) is 1.50. The third kappa shape index (κ3) is 13.4. The van der Waals surface area contributed by atoms with Gasteiger partial charge in [0.05, 0.1) is 29.6 Å². The molecule has 0 aliphatic carbocycles. The number of nitrogens with two attached hydrogens (primary N) is 1. The summed E-state index contributed by atoms with van der Waals surface area (Å²) in [5.74, 6) is -7.47. The van der Waals surface area contributed by atoms with Gasteiger partial charge in [0, 0.05) is 68.4 Å². The molecular formula is C36H43N11O11S.